The normalized spacial score (nSPS) is 33.9. The third-order valence-corrected chi connectivity index (χ3v) is 8.25. The van der Waals surface area contributed by atoms with Gasteiger partial charge < -0.3 is 9.84 Å². The lowest BCUT2D eigenvalue weighted by Crippen LogP contribution is -2.45. The second-order valence-electron chi connectivity index (χ2n) is 9.88. The molecule has 0 spiro atoms. The van der Waals surface area contributed by atoms with Crippen molar-refractivity contribution in [2.24, 2.45) is 28.6 Å². The summed E-state index contributed by atoms with van der Waals surface area (Å²) in [5.74, 6) is -1.05. The highest BCUT2D eigenvalue weighted by Crippen LogP contribution is 2.63. The number of rotatable bonds is 6. The van der Waals surface area contributed by atoms with Gasteiger partial charge in [0.2, 0.25) is 0 Å². The molecule has 0 aromatic heterocycles. The van der Waals surface area contributed by atoms with Crippen LogP contribution in [0.25, 0.3) is 0 Å². The van der Waals surface area contributed by atoms with Crippen molar-refractivity contribution in [3.63, 3.8) is 0 Å². The minimum atomic E-state index is -1.06. The van der Waals surface area contributed by atoms with E-state index in [9.17, 15) is 19.2 Å². The highest BCUT2D eigenvalue weighted by Gasteiger charge is 2.56. The van der Waals surface area contributed by atoms with Crippen LogP contribution in [0, 0.1) is 28.6 Å². The van der Waals surface area contributed by atoms with E-state index in [1.165, 1.54) is 11.1 Å². The standard InChI is InChI=1S/C25H30O6.C2H6/c1-24-11-9-16(26)13-15(24)3-4-17-18-5-6-20(25(18,2)12-10-19(17)24)21(27)14-31-23(30)8-7-22(28)29;1-2/h9-11,13,17-18,20H,3-8,12,14H2,1-2H3,(H,28,29);1-2H3. The third kappa shape index (κ3) is 4.62. The molecule has 5 atom stereocenters. The molecule has 4 aliphatic carbocycles. The van der Waals surface area contributed by atoms with E-state index >= 15 is 0 Å². The molecule has 4 rings (SSSR count). The number of ketones is 2. The fourth-order valence-electron chi connectivity index (χ4n) is 6.58. The van der Waals surface area contributed by atoms with E-state index in [4.69, 9.17) is 9.84 Å². The minimum Gasteiger partial charge on any atom is -0.481 e. The SMILES string of the molecule is CC.CC12C=CC(=O)C=C1CCC1C2=CCC2(C)C(C(=O)COC(=O)CCC(=O)O)CCC12. The Kier molecular flexibility index (Phi) is 7.45. The third-order valence-electron chi connectivity index (χ3n) is 8.25. The van der Waals surface area contributed by atoms with Crippen LogP contribution in [0.1, 0.15) is 72.6 Å². The first-order valence-electron chi connectivity index (χ1n) is 12.2. The van der Waals surface area contributed by atoms with E-state index in [1.54, 1.807) is 12.2 Å². The molecule has 0 saturated heterocycles. The number of allylic oxidation sites excluding steroid dienone is 6. The molecule has 0 bridgehead atoms. The maximum atomic E-state index is 13.0. The molecule has 0 aromatic carbocycles. The Hall–Kier alpha value is -2.50. The van der Waals surface area contributed by atoms with Crippen molar-refractivity contribution < 1.29 is 29.0 Å². The first-order chi connectivity index (χ1) is 15.6. The molecule has 1 N–H and O–H groups in total. The van der Waals surface area contributed by atoms with Crippen LogP contribution in [0.5, 0.6) is 0 Å². The quantitative estimate of drug-likeness (QED) is 0.454. The lowest BCUT2D eigenvalue weighted by atomic mass is 9.52. The number of carboxylic acids is 1. The van der Waals surface area contributed by atoms with Crippen molar-refractivity contribution in [2.45, 2.75) is 72.6 Å². The van der Waals surface area contributed by atoms with Gasteiger partial charge >= 0.3 is 11.9 Å². The fourth-order valence-corrected chi connectivity index (χ4v) is 6.58. The Bertz CT molecular complexity index is 925. The van der Waals surface area contributed by atoms with E-state index in [-0.39, 0.29) is 47.8 Å². The molecule has 4 aliphatic rings. The summed E-state index contributed by atoms with van der Waals surface area (Å²) in [5.41, 5.74) is 2.24. The van der Waals surface area contributed by atoms with Crippen LogP contribution in [-0.4, -0.2) is 35.2 Å². The van der Waals surface area contributed by atoms with Gasteiger partial charge in [0, 0.05) is 11.3 Å². The average molecular weight is 457 g/mol. The van der Waals surface area contributed by atoms with E-state index in [2.05, 4.69) is 26.0 Å². The molecule has 2 saturated carbocycles. The van der Waals surface area contributed by atoms with Gasteiger partial charge in [-0.15, -0.1) is 0 Å². The molecule has 6 heteroatoms. The summed E-state index contributed by atoms with van der Waals surface area (Å²) < 4.78 is 5.08. The molecule has 180 valence electrons. The predicted molar refractivity (Wildman–Crippen MR) is 124 cm³/mol. The summed E-state index contributed by atoms with van der Waals surface area (Å²) in [5, 5.41) is 8.67. The fraction of sp³-hybridized carbons (Fsp3) is 0.630. The summed E-state index contributed by atoms with van der Waals surface area (Å²) in [4.78, 5) is 47.1. The number of ether oxygens (including phenoxy) is 1. The van der Waals surface area contributed by atoms with Crippen LogP contribution in [0.15, 0.2) is 35.5 Å². The molecule has 2 fully saturated rings. The van der Waals surface area contributed by atoms with Gasteiger partial charge in [-0.2, -0.15) is 0 Å². The Balaban J connectivity index is 0.00000149. The second-order valence-corrected chi connectivity index (χ2v) is 9.88. The zero-order valence-corrected chi connectivity index (χ0v) is 20.2. The second kappa shape index (κ2) is 9.78. The average Bonchev–Trinajstić information content (AvgIpc) is 3.15. The number of esters is 1. The van der Waals surface area contributed by atoms with Crippen LogP contribution in [0.2, 0.25) is 0 Å². The van der Waals surface area contributed by atoms with Crippen LogP contribution in [0.3, 0.4) is 0 Å². The van der Waals surface area contributed by atoms with E-state index in [0.717, 1.165) is 32.1 Å². The van der Waals surface area contributed by atoms with Gasteiger partial charge in [0.1, 0.15) is 6.61 Å². The zero-order valence-electron chi connectivity index (χ0n) is 20.2. The Labute approximate surface area is 196 Å². The monoisotopic (exact) mass is 456 g/mol. The van der Waals surface area contributed by atoms with Crippen LogP contribution < -0.4 is 0 Å². The van der Waals surface area contributed by atoms with Gasteiger partial charge in [-0.3, -0.25) is 19.2 Å². The van der Waals surface area contributed by atoms with Crippen molar-refractivity contribution in [3.05, 3.63) is 35.5 Å². The Morgan fingerprint density at radius 3 is 2.55 bits per heavy atom. The number of carboxylic acid groups (broad SMARTS) is 1. The first kappa shape index (κ1) is 25.1. The number of aliphatic carboxylic acids is 1. The zero-order chi connectivity index (χ0) is 24.4. The number of hydrogen-bond donors (Lipinski definition) is 1. The molecule has 0 amide bonds. The van der Waals surface area contributed by atoms with E-state index in [0.29, 0.717) is 11.8 Å². The minimum absolute atomic E-state index is 0.0590. The number of hydrogen-bond acceptors (Lipinski definition) is 5. The van der Waals surface area contributed by atoms with Gasteiger partial charge in [0.25, 0.3) is 0 Å². The number of carbonyl (C=O) groups excluding carboxylic acids is 3. The number of fused-ring (bicyclic) bond motifs is 5. The summed E-state index contributed by atoms with van der Waals surface area (Å²) in [6, 6.07) is 0. The summed E-state index contributed by atoms with van der Waals surface area (Å²) in [7, 11) is 0. The molecule has 0 aromatic rings. The molecule has 33 heavy (non-hydrogen) atoms. The maximum absolute atomic E-state index is 13.0. The van der Waals surface area contributed by atoms with Crippen molar-refractivity contribution in [2.75, 3.05) is 6.61 Å². The van der Waals surface area contributed by atoms with Crippen LogP contribution >= 0.6 is 0 Å². The summed E-state index contributed by atoms with van der Waals surface area (Å²) in [6.45, 7) is 8.12. The van der Waals surface area contributed by atoms with Gasteiger partial charge in [0.05, 0.1) is 12.8 Å². The molecule has 0 heterocycles. The van der Waals surface area contributed by atoms with Crippen LogP contribution in [0.4, 0.5) is 0 Å². The Morgan fingerprint density at radius 1 is 1.12 bits per heavy atom. The number of carbonyl (C=O) groups is 4. The molecule has 5 unspecified atom stereocenters. The van der Waals surface area contributed by atoms with Gasteiger partial charge in [-0.25, -0.2) is 0 Å². The maximum Gasteiger partial charge on any atom is 0.306 e. The highest BCUT2D eigenvalue weighted by molar-refractivity contribution is 6.01. The van der Waals surface area contributed by atoms with Crippen molar-refractivity contribution >= 4 is 23.5 Å². The Morgan fingerprint density at radius 2 is 1.85 bits per heavy atom. The highest BCUT2D eigenvalue weighted by atomic mass is 16.5. The molecule has 0 radical (unpaired) electrons. The molecule has 6 nitrogen and oxygen atoms in total. The van der Waals surface area contributed by atoms with Gasteiger partial charge in [0.15, 0.2) is 11.6 Å². The predicted octanol–water partition coefficient (Wildman–Crippen LogP) is 4.83. The largest absolute Gasteiger partial charge is 0.481 e. The van der Waals surface area contributed by atoms with Gasteiger partial charge in [-0.1, -0.05) is 44.1 Å². The number of Topliss-reactive ketones (excluding diaryl/α,β-unsaturated/α-hetero) is 1. The van der Waals surface area contributed by atoms with E-state index < -0.39 is 11.9 Å². The smallest absolute Gasteiger partial charge is 0.306 e. The van der Waals surface area contributed by atoms with Crippen LogP contribution in [-0.2, 0) is 23.9 Å². The first-order valence-corrected chi connectivity index (χ1v) is 12.2. The molecular formula is C27H36O6. The molecular weight excluding hydrogens is 420 g/mol. The molecule has 0 aliphatic heterocycles. The van der Waals surface area contributed by atoms with Gasteiger partial charge in [-0.05, 0) is 68.4 Å². The lowest BCUT2D eigenvalue weighted by molar-refractivity contribution is -0.152. The van der Waals surface area contributed by atoms with Crippen molar-refractivity contribution in [1.82, 2.24) is 0 Å². The van der Waals surface area contributed by atoms with Crippen molar-refractivity contribution in [3.8, 4) is 0 Å². The topological polar surface area (TPSA) is 97.7 Å². The lowest BCUT2D eigenvalue weighted by Gasteiger charge is -2.52. The van der Waals surface area contributed by atoms with Crippen molar-refractivity contribution in [1.29, 1.82) is 0 Å². The van der Waals surface area contributed by atoms with E-state index in [1.807, 2.05) is 13.8 Å². The summed E-state index contributed by atoms with van der Waals surface area (Å²) >= 11 is 0. The summed E-state index contributed by atoms with van der Waals surface area (Å²) in [6.07, 6.45) is 11.8.